The fourth-order valence-electron chi connectivity index (χ4n) is 2.68. The van der Waals surface area contributed by atoms with E-state index in [2.05, 4.69) is 5.32 Å². The summed E-state index contributed by atoms with van der Waals surface area (Å²) < 4.78 is 0. The summed E-state index contributed by atoms with van der Waals surface area (Å²) in [4.78, 5) is 23.4. The van der Waals surface area contributed by atoms with Crippen LogP contribution >= 0.6 is 11.8 Å². The fraction of sp³-hybridized carbons (Fsp3) is 0.529. The zero-order chi connectivity index (χ0) is 15.9. The molecule has 1 aliphatic rings. The third kappa shape index (κ3) is 5.05. The van der Waals surface area contributed by atoms with Gasteiger partial charge in [0, 0.05) is 17.4 Å². The number of thioether (sulfide) groups is 1. The van der Waals surface area contributed by atoms with E-state index in [9.17, 15) is 9.59 Å². The van der Waals surface area contributed by atoms with Gasteiger partial charge in [-0.15, -0.1) is 11.8 Å². The molecule has 0 radical (unpaired) electrons. The summed E-state index contributed by atoms with van der Waals surface area (Å²) in [5.41, 5.74) is 6.81. The average molecular weight is 320 g/mol. The van der Waals surface area contributed by atoms with Crippen LogP contribution in [-0.4, -0.2) is 23.1 Å². The minimum absolute atomic E-state index is 0.0980. The first-order chi connectivity index (χ1) is 10.6. The number of hydrogen-bond acceptors (Lipinski definition) is 3. The number of rotatable bonds is 6. The van der Waals surface area contributed by atoms with E-state index in [1.807, 2.05) is 19.1 Å². The summed E-state index contributed by atoms with van der Waals surface area (Å²) in [7, 11) is 0. The molecule has 5 heteroatoms. The van der Waals surface area contributed by atoms with Gasteiger partial charge >= 0.3 is 0 Å². The van der Waals surface area contributed by atoms with Gasteiger partial charge in [-0.1, -0.05) is 31.4 Å². The monoisotopic (exact) mass is 320 g/mol. The fourth-order valence-corrected chi connectivity index (χ4v) is 3.52. The van der Waals surface area contributed by atoms with Crippen LogP contribution in [0.2, 0.25) is 0 Å². The molecular formula is C17H24N2O2S. The van der Waals surface area contributed by atoms with Crippen molar-refractivity contribution in [2.45, 2.75) is 56.1 Å². The van der Waals surface area contributed by atoms with E-state index in [1.54, 1.807) is 23.9 Å². The van der Waals surface area contributed by atoms with E-state index < -0.39 is 5.91 Å². The predicted molar refractivity (Wildman–Crippen MR) is 90.7 cm³/mol. The largest absolute Gasteiger partial charge is 0.366 e. The molecule has 0 spiro atoms. The third-order valence-corrected chi connectivity index (χ3v) is 5.25. The van der Waals surface area contributed by atoms with Crippen LogP contribution in [0.3, 0.4) is 0 Å². The summed E-state index contributed by atoms with van der Waals surface area (Å²) in [6.07, 6.45) is 5.92. The molecule has 1 unspecified atom stereocenters. The lowest BCUT2D eigenvalue weighted by Crippen LogP contribution is -2.40. The molecule has 1 atom stereocenters. The lowest BCUT2D eigenvalue weighted by Gasteiger charge is -2.24. The molecule has 0 aliphatic heterocycles. The third-order valence-electron chi connectivity index (χ3n) is 4.03. The molecule has 22 heavy (non-hydrogen) atoms. The van der Waals surface area contributed by atoms with Crippen LogP contribution in [0, 0.1) is 0 Å². The van der Waals surface area contributed by atoms with Gasteiger partial charge in [0.2, 0.25) is 11.8 Å². The topological polar surface area (TPSA) is 72.2 Å². The van der Waals surface area contributed by atoms with Crippen LogP contribution in [0.4, 0.5) is 0 Å². The summed E-state index contributed by atoms with van der Waals surface area (Å²) in [5.74, 6) is 0.387. The second-order valence-electron chi connectivity index (χ2n) is 5.86. The first kappa shape index (κ1) is 16.9. The highest BCUT2D eigenvalue weighted by Gasteiger charge is 2.19. The molecule has 0 saturated heterocycles. The van der Waals surface area contributed by atoms with Crippen LogP contribution < -0.4 is 11.1 Å². The van der Waals surface area contributed by atoms with Crippen molar-refractivity contribution in [1.29, 1.82) is 0 Å². The molecule has 120 valence electrons. The molecule has 1 fully saturated rings. The van der Waals surface area contributed by atoms with Crippen LogP contribution in [0.1, 0.15) is 54.9 Å². The van der Waals surface area contributed by atoms with Crippen molar-refractivity contribution in [3.8, 4) is 0 Å². The first-order valence-electron chi connectivity index (χ1n) is 7.87. The van der Waals surface area contributed by atoms with E-state index in [4.69, 9.17) is 5.73 Å². The van der Waals surface area contributed by atoms with Crippen molar-refractivity contribution < 1.29 is 9.59 Å². The molecule has 2 amide bonds. The Kier molecular flexibility index (Phi) is 6.31. The van der Waals surface area contributed by atoms with Gasteiger partial charge in [0.1, 0.15) is 0 Å². The van der Waals surface area contributed by atoms with Crippen LogP contribution in [0.25, 0.3) is 0 Å². The van der Waals surface area contributed by atoms with Crippen LogP contribution in [0.15, 0.2) is 24.3 Å². The average Bonchev–Trinajstić information content (AvgIpc) is 2.53. The Bertz CT molecular complexity index is 527. The Hall–Kier alpha value is -1.49. The Morgan fingerprint density at radius 2 is 2.05 bits per heavy atom. The molecular weight excluding hydrogens is 296 g/mol. The molecule has 1 aromatic carbocycles. The van der Waals surface area contributed by atoms with Gasteiger partial charge in [-0.2, -0.15) is 0 Å². The zero-order valence-corrected chi connectivity index (χ0v) is 13.8. The van der Waals surface area contributed by atoms with Gasteiger partial charge in [-0.25, -0.2) is 0 Å². The molecule has 0 bridgehead atoms. The standard InChI is InChI=1S/C17H24N2O2S/c1-12(17(21)19-15-8-3-2-4-9-15)22-11-13-6-5-7-14(10-13)16(18)20/h5-7,10,12,15H,2-4,8-9,11H2,1H3,(H2,18,20)(H,19,21). The Balaban J connectivity index is 1.81. The molecule has 4 nitrogen and oxygen atoms in total. The summed E-state index contributed by atoms with van der Waals surface area (Å²) in [5, 5.41) is 3.05. The van der Waals surface area contributed by atoms with E-state index >= 15 is 0 Å². The lowest BCUT2D eigenvalue weighted by atomic mass is 9.95. The number of nitrogens with two attached hydrogens (primary N) is 1. The van der Waals surface area contributed by atoms with E-state index in [-0.39, 0.29) is 11.2 Å². The predicted octanol–water partition coefficient (Wildman–Crippen LogP) is 2.86. The molecule has 1 aliphatic carbocycles. The Morgan fingerprint density at radius 1 is 1.32 bits per heavy atom. The van der Waals surface area contributed by atoms with Crippen molar-refractivity contribution in [1.82, 2.24) is 5.32 Å². The van der Waals surface area contributed by atoms with Gasteiger partial charge in [0.15, 0.2) is 0 Å². The number of primary amides is 1. The quantitative estimate of drug-likeness (QED) is 0.846. The number of amides is 2. The van der Waals surface area contributed by atoms with Crippen molar-refractivity contribution >= 4 is 23.6 Å². The van der Waals surface area contributed by atoms with Crippen molar-refractivity contribution in [2.75, 3.05) is 0 Å². The van der Waals surface area contributed by atoms with Gasteiger partial charge in [0.25, 0.3) is 0 Å². The van der Waals surface area contributed by atoms with Gasteiger partial charge in [-0.05, 0) is 37.5 Å². The Morgan fingerprint density at radius 3 is 2.73 bits per heavy atom. The lowest BCUT2D eigenvalue weighted by molar-refractivity contribution is -0.121. The minimum atomic E-state index is -0.421. The van der Waals surface area contributed by atoms with E-state index in [0.29, 0.717) is 17.4 Å². The minimum Gasteiger partial charge on any atom is -0.366 e. The highest BCUT2D eigenvalue weighted by molar-refractivity contribution is 7.99. The SMILES string of the molecule is CC(SCc1cccc(C(N)=O)c1)C(=O)NC1CCCCC1. The molecule has 1 aromatic rings. The smallest absolute Gasteiger partial charge is 0.248 e. The number of nitrogens with one attached hydrogen (secondary N) is 1. The number of carbonyl (C=O) groups excluding carboxylic acids is 2. The maximum atomic E-state index is 12.2. The van der Waals surface area contributed by atoms with E-state index in [0.717, 1.165) is 18.4 Å². The molecule has 1 saturated carbocycles. The number of benzene rings is 1. The van der Waals surface area contributed by atoms with Crippen molar-refractivity contribution in [2.24, 2.45) is 5.73 Å². The molecule has 0 aromatic heterocycles. The molecule has 0 heterocycles. The van der Waals surface area contributed by atoms with Crippen molar-refractivity contribution in [3.05, 3.63) is 35.4 Å². The zero-order valence-electron chi connectivity index (χ0n) is 13.0. The molecule has 2 rings (SSSR count). The Labute approximate surface area is 136 Å². The van der Waals surface area contributed by atoms with Gasteiger partial charge in [0.05, 0.1) is 5.25 Å². The number of hydrogen-bond donors (Lipinski definition) is 2. The molecule has 3 N–H and O–H groups in total. The first-order valence-corrected chi connectivity index (χ1v) is 8.92. The normalized spacial score (nSPS) is 17.0. The maximum absolute atomic E-state index is 12.2. The summed E-state index contributed by atoms with van der Waals surface area (Å²) in [6.45, 7) is 1.93. The van der Waals surface area contributed by atoms with Crippen LogP contribution in [0.5, 0.6) is 0 Å². The maximum Gasteiger partial charge on any atom is 0.248 e. The van der Waals surface area contributed by atoms with Crippen molar-refractivity contribution in [3.63, 3.8) is 0 Å². The van der Waals surface area contributed by atoms with E-state index in [1.165, 1.54) is 19.3 Å². The van der Waals surface area contributed by atoms with Crippen LogP contribution in [-0.2, 0) is 10.5 Å². The summed E-state index contributed by atoms with van der Waals surface area (Å²) >= 11 is 1.58. The highest BCUT2D eigenvalue weighted by Crippen LogP contribution is 2.21. The summed E-state index contributed by atoms with van der Waals surface area (Å²) in [6, 6.07) is 7.62. The van der Waals surface area contributed by atoms with Gasteiger partial charge in [-0.3, -0.25) is 9.59 Å². The second kappa shape index (κ2) is 8.22. The highest BCUT2D eigenvalue weighted by atomic mass is 32.2. The van der Waals surface area contributed by atoms with Gasteiger partial charge < -0.3 is 11.1 Å². The number of carbonyl (C=O) groups is 2. The second-order valence-corrected chi connectivity index (χ2v) is 7.19.